The molecule has 2 aromatic heterocycles. The molecule has 7 rings (SSSR count). The number of aromatic nitrogens is 2. The SMILES string of the molecule is Cc1ncsc1-c1ccc([C@H](CN)NC(=O)C2CC(O)CN2C(=O)[C@@H](NC(=O)COCCOCCOCCOc2cc(F)c([C@@H]3c4[nH]c5ccccc5c4C[C@@H](C)N3CC(C)(C)F)c(F)c2)C(C)(C)C)cc1. The topological polar surface area (TPSA) is 194 Å². The van der Waals surface area contributed by atoms with E-state index in [1.807, 2.05) is 67.3 Å². The summed E-state index contributed by atoms with van der Waals surface area (Å²) >= 11 is 1.54. The number of carbonyl (C=O) groups excluding carboxylic acids is 3. The van der Waals surface area contributed by atoms with Crippen LogP contribution in [0.15, 0.2) is 66.2 Å². The number of H-pyrrole nitrogens is 1. The maximum Gasteiger partial charge on any atom is 0.246 e. The highest BCUT2D eigenvalue weighted by Gasteiger charge is 2.45. The summed E-state index contributed by atoms with van der Waals surface area (Å²) in [5.41, 5.74) is 10.5. The maximum atomic E-state index is 16.0. The fraction of sp³-hybridized carbons (Fsp3) is 0.509. The molecule has 2 aliphatic heterocycles. The van der Waals surface area contributed by atoms with Crippen LogP contribution >= 0.6 is 11.3 Å². The van der Waals surface area contributed by atoms with Gasteiger partial charge in [-0.2, -0.15) is 0 Å². The molecule has 0 bridgehead atoms. The minimum Gasteiger partial charge on any atom is -0.491 e. The van der Waals surface area contributed by atoms with E-state index in [9.17, 15) is 19.5 Å². The third-order valence-electron chi connectivity index (χ3n) is 13.0. The Morgan fingerprint density at radius 3 is 2.22 bits per heavy atom. The Morgan fingerprint density at radius 2 is 1.60 bits per heavy atom. The quantitative estimate of drug-likeness (QED) is 0.0464. The van der Waals surface area contributed by atoms with Gasteiger partial charge >= 0.3 is 0 Å². The first-order valence-electron chi connectivity index (χ1n) is 24.4. The number of alkyl halides is 1. The molecule has 6 N–H and O–H groups in total. The van der Waals surface area contributed by atoms with Crippen molar-refractivity contribution in [1.29, 1.82) is 0 Å². The van der Waals surface area contributed by atoms with Crippen molar-refractivity contribution in [2.24, 2.45) is 11.1 Å². The predicted octanol–water partition coefficient (Wildman–Crippen LogP) is 6.70. The molecule has 0 spiro atoms. The zero-order chi connectivity index (χ0) is 51.9. The summed E-state index contributed by atoms with van der Waals surface area (Å²) in [7, 11) is 0. The molecule has 6 atom stereocenters. The molecule has 390 valence electrons. The molecule has 15 nitrogen and oxygen atoms in total. The van der Waals surface area contributed by atoms with Crippen molar-refractivity contribution in [3.05, 3.63) is 106 Å². The van der Waals surface area contributed by atoms with Crippen molar-refractivity contribution in [1.82, 2.24) is 30.4 Å². The van der Waals surface area contributed by atoms with Gasteiger partial charge in [-0.25, -0.2) is 18.2 Å². The molecule has 1 fully saturated rings. The van der Waals surface area contributed by atoms with Gasteiger partial charge in [-0.15, -0.1) is 11.3 Å². The third kappa shape index (κ3) is 13.2. The maximum absolute atomic E-state index is 16.0. The standard InChI is InChI=1S/C53H68F3N7O8S/c1-31-22-38-37-10-8-9-11-41(37)59-46(38)47(63(31)29-53(6,7)56)45-39(54)24-36(25-40(45)55)71-21-20-69-17-16-68-18-19-70-28-44(65)61-49(52(3,4)5)51(67)62-27-35(64)23-43(62)50(66)60-42(26-57)33-12-14-34(15-13-33)48-32(2)58-30-72-48/h8-15,24-25,30-31,35,42-43,47,49,59,64H,16-23,26-29,57H2,1-7H3,(H,60,66)(H,61,65)/t31-,35?,42+,43?,47-,49-/m1/s1. The lowest BCUT2D eigenvalue weighted by Crippen LogP contribution is -2.58. The van der Waals surface area contributed by atoms with Crippen LogP contribution in [-0.2, 0) is 35.0 Å². The number of aliphatic hydroxyl groups is 1. The second-order valence-corrected chi connectivity index (χ2v) is 21.1. The van der Waals surface area contributed by atoms with Gasteiger partial charge in [0.15, 0.2) is 0 Å². The number of nitrogens with one attached hydrogen (secondary N) is 3. The van der Waals surface area contributed by atoms with Crippen molar-refractivity contribution in [3.8, 4) is 16.2 Å². The Bertz CT molecular complexity index is 2630. The molecular weight excluding hydrogens is 952 g/mol. The Kier molecular flexibility index (Phi) is 17.8. The van der Waals surface area contributed by atoms with E-state index in [1.54, 1.807) is 37.6 Å². The second-order valence-electron chi connectivity index (χ2n) is 20.3. The smallest absolute Gasteiger partial charge is 0.246 e. The number of aryl methyl sites for hydroxylation is 1. The highest BCUT2D eigenvalue weighted by molar-refractivity contribution is 7.13. The number of carbonyl (C=O) groups is 3. The van der Waals surface area contributed by atoms with Crippen molar-refractivity contribution in [2.45, 2.75) is 103 Å². The van der Waals surface area contributed by atoms with Crippen molar-refractivity contribution >= 4 is 40.0 Å². The number of aromatic amines is 1. The summed E-state index contributed by atoms with van der Waals surface area (Å²) in [4.78, 5) is 52.8. The summed E-state index contributed by atoms with van der Waals surface area (Å²) in [6.45, 7) is 12.5. The summed E-state index contributed by atoms with van der Waals surface area (Å²) in [6, 6.07) is 14.0. The van der Waals surface area contributed by atoms with Gasteiger partial charge in [-0.3, -0.25) is 19.3 Å². The van der Waals surface area contributed by atoms with Crippen LogP contribution in [0.2, 0.25) is 0 Å². The fourth-order valence-electron chi connectivity index (χ4n) is 9.54. The van der Waals surface area contributed by atoms with Gasteiger partial charge in [0.2, 0.25) is 17.7 Å². The van der Waals surface area contributed by atoms with E-state index in [1.165, 1.54) is 18.7 Å². The Balaban J connectivity index is 0.821. The number of fused-ring (bicyclic) bond motifs is 3. The summed E-state index contributed by atoms with van der Waals surface area (Å²) in [5, 5.41) is 17.4. The largest absolute Gasteiger partial charge is 0.491 e. The molecule has 19 heteroatoms. The number of hydrogen-bond acceptors (Lipinski definition) is 12. The molecular formula is C53H68F3N7O8S. The number of likely N-dealkylation sites (tertiary alicyclic amines) is 1. The van der Waals surface area contributed by atoms with Gasteiger partial charge in [0.05, 0.1) is 67.3 Å². The zero-order valence-electron chi connectivity index (χ0n) is 42.1. The minimum atomic E-state index is -1.62. The molecule has 3 aromatic carbocycles. The van der Waals surface area contributed by atoms with Crippen molar-refractivity contribution < 1.29 is 51.6 Å². The number of rotatable bonds is 22. The van der Waals surface area contributed by atoms with Crippen LogP contribution in [0, 0.1) is 24.0 Å². The summed E-state index contributed by atoms with van der Waals surface area (Å²) in [6.07, 6.45) is -0.314. The first-order valence-corrected chi connectivity index (χ1v) is 25.3. The van der Waals surface area contributed by atoms with Crippen LogP contribution in [0.25, 0.3) is 21.3 Å². The van der Waals surface area contributed by atoms with Crippen LogP contribution in [-0.4, -0.2) is 138 Å². The minimum absolute atomic E-state index is 0.00825. The first-order chi connectivity index (χ1) is 34.2. The van der Waals surface area contributed by atoms with E-state index >= 15 is 13.2 Å². The lowest BCUT2D eigenvalue weighted by molar-refractivity contribution is -0.144. The lowest BCUT2D eigenvalue weighted by atomic mass is 9.85. The molecule has 3 amide bonds. The number of ether oxygens (including phenoxy) is 4. The van der Waals surface area contributed by atoms with Crippen LogP contribution in [0.4, 0.5) is 13.2 Å². The van der Waals surface area contributed by atoms with Gasteiger partial charge in [-0.05, 0) is 62.3 Å². The monoisotopic (exact) mass is 1020 g/mol. The number of nitrogens with two attached hydrogens (primary N) is 1. The number of hydrogen-bond donors (Lipinski definition) is 5. The first kappa shape index (κ1) is 54.4. The lowest BCUT2D eigenvalue weighted by Gasteiger charge is -2.43. The molecule has 0 radical (unpaired) electrons. The number of amides is 3. The van der Waals surface area contributed by atoms with Crippen molar-refractivity contribution in [2.75, 3.05) is 65.9 Å². The molecule has 1 saturated heterocycles. The number of β-amino-alcohol motifs (C(OH)–C–C–N with tert-alkyl or cyclic N) is 1. The summed E-state index contributed by atoms with van der Waals surface area (Å²) in [5.74, 6) is -3.12. The van der Waals surface area contributed by atoms with E-state index in [4.69, 9.17) is 24.7 Å². The normalized spacial score (nSPS) is 19.3. The van der Waals surface area contributed by atoms with Crippen LogP contribution in [0.5, 0.6) is 5.75 Å². The van der Waals surface area contributed by atoms with Crippen LogP contribution in [0.3, 0.4) is 0 Å². The third-order valence-corrected chi connectivity index (χ3v) is 14.0. The van der Waals surface area contributed by atoms with Gasteiger partial charge in [0.25, 0.3) is 0 Å². The number of benzene rings is 3. The number of halogens is 3. The molecule has 72 heavy (non-hydrogen) atoms. The Labute approximate surface area is 422 Å². The molecule has 2 unspecified atom stereocenters. The van der Waals surface area contributed by atoms with Gasteiger partial charge in [0.1, 0.15) is 48.4 Å². The van der Waals surface area contributed by atoms with E-state index in [0.29, 0.717) is 12.1 Å². The highest BCUT2D eigenvalue weighted by atomic mass is 32.1. The van der Waals surface area contributed by atoms with Crippen molar-refractivity contribution in [3.63, 3.8) is 0 Å². The average Bonchev–Trinajstić information content (AvgIpc) is 4.05. The molecule has 4 heterocycles. The Hall–Kier alpha value is -5.41. The van der Waals surface area contributed by atoms with Gasteiger partial charge in [-0.1, -0.05) is 63.2 Å². The van der Waals surface area contributed by atoms with Crippen LogP contribution in [0.1, 0.15) is 88.1 Å². The number of para-hydroxylation sites is 1. The zero-order valence-corrected chi connectivity index (χ0v) is 42.9. The van der Waals surface area contributed by atoms with E-state index < -0.39 is 70.7 Å². The van der Waals surface area contributed by atoms with E-state index in [0.717, 1.165) is 50.3 Å². The summed E-state index contributed by atoms with van der Waals surface area (Å²) < 4.78 is 69.5. The molecule has 2 aliphatic rings. The fourth-order valence-corrected chi connectivity index (χ4v) is 10.4. The highest BCUT2D eigenvalue weighted by Crippen LogP contribution is 2.44. The Morgan fingerprint density at radius 1 is 0.944 bits per heavy atom. The molecule has 0 aliphatic carbocycles. The second kappa shape index (κ2) is 23.6. The van der Waals surface area contributed by atoms with E-state index in [-0.39, 0.29) is 89.7 Å². The number of thiazole rings is 1. The van der Waals surface area contributed by atoms with E-state index in [2.05, 4.69) is 20.6 Å². The molecule has 0 saturated carbocycles. The number of nitrogens with zero attached hydrogens (tertiary/aromatic N) is 3. The van der Waals surface area contributed by atoms with Crippen LogP contribution < -0.4 is 21.1 Å². The van der Waals surface area contributed by atoms with Gasteiger partial charge < -0.3 is 50.3 Å². The number of aliphatic hydroxyl groups excluding tert-OH is 1. The molecule has 5 aromatic rings. The average molecular weight is 1020 g/mol. The predicted molar refractivity (Wildman–Crippen MR) is 269 cm³/mol. The van der Waals surface area contributed by atoms with Gasteiger partial charge in [0, 0.05) is 66.4 Å².